The van der Waals surface area contributed by atoms with E-state index in [-0.39, 0.29) is 11.4 Å². The van der Waals surface area contributed by atoms with Gasteiger partial charge in [-0.15, -0.1) is 0 Å². The highest BCUT2D eigenvalue weighted by Gasteiger charge is 2.45. The van der Waals surface area contributed by atoms with E-state index in [1.165, 1.54) is 0 Å². The van der Waals surface area contributed by atoms with E-state index < -0.39 is 36.1 Å². The van der Waals surface area contributed by atoms with Crippen LogP contribution in [0.15, 0.2) is 12.1 Å². The van der Waals surface area contributed by atoms with Gasteiger partial charge in [0.05, 0.1) is 6.20 Å². The van der Waals surface area contributed by atoms with Gasteiger partial charge >= 0.3 is 18.2 Å². The molecule has 22 heavy (non-hydrogen) atoms. The summed E-state index contributed by atoms with van der Waals surface area (Å²) >= 11 is 0. The van der Waals surface area contributed by atoms with Crippen molar-refractivity contribution in [2.45, 2.75) is 32.5 Å². The highest BCUT2D eigenvalue weighted by molar-refractivity contribution is 5.84. The van der Waals surface area contributed by atoms with Crippen LogP contribution in [0.2, 0.25) is 0 Å². The zero-order chi connectivity index (χ0) is 17.1. The molecule has 0 unspecified atom stereocenters. The predicted molar refractivity (Wildman–Crippen MR) is 68.0 cm³/mol. The highest BCUT2D eigenvalue weighted by atomic mass is 19.4. The first-order valence-corrected chi connectivity index (χ1v) is 6.25. The van der Waals surface area contributed by atoms with Gasteiger partial charge in [0.15, 0.2) is 0 Å². The second kappa shape index (κ2) is 6.24. The fourth-order valence-electron chi connectivity index (χ4n) is 1.55. The van der Waals surface area contributed by atoms with Crippen molar-refractivity contribution < 1.29 is 32.3 Å². The molecular formula is C12H16F3N3O4. The molecule has 0 aliphatic carbocycles. The van der Waals surface area contributed by atoms with Crippen LogP contribution in [0.4, 0.5) is 18.0 Å². The van der Waals surface area contributed by atoms with Gasteiger partial charge in [-0.05, 0) is 20.8 Å². The Morgan fingerprint density at radius 2 is 1.86 bits per heavy atom. The normalized spacial score (nSPS) is 16.0. The second-order valence-electron chi connectivity index (χ2n) is 5.53. The summed E-state index contributed by atoms with van der Waals surface area (Å²) in [6.45, 7) is 4.34. The molecule has 1 N–H and O–H groups in total. The summed E-state index contributed by atoms with van der Waals surface area (Å²) in [4.78, 5) is 34.9. The number of alkyl carbamates (subject to hydrolysis) is 1. The number of nitrogens with zero attached hydrogens (tertiary/aromatic N) is 2. The number of ether oxygens (including phenoxy) is 1. The van der Waals surface area contributed by atoms with Gasteiger partial charge in [0.1, 0.15) is 0 Å². The minimum atomic E-state index is -5.12. The van der Waals surface area contributed by atoms with Crippen molar-refractivity contribution in [1.29, 1.82) is 0 Å². The lowest BCUT2D eigenvalue weighted by Crippen LogP contribution is -2.49. The van der Waals surface area contributed by atoms with Crippen molar-refractivity contribution in [3.05, 3.63) is 12.1 Å². The van der Waals surface area contributed by atoms with E-state index in [0.29, 0.717) is 6.41 Å². The summed E-state index contributed by atoms with van der Waals surface area (Å²) in [6, 6.07) is 0. The number of alkyl halides is 3. The number of nitrogens with one attached hydrogen (secondary N) is 1. The lowest BCUT2D eigenvalue weighted by molar-refractivity contribution is -0.186. The van der Waals surface area contributed by atoms with Gasteiger partial charge in [0.2, 0.25) is 12.3 Å². The Morgan fingerprint density at radius 3 is 2.32 bits per heavy atom. The minimum absolute atomic E-state index is 0.140. The van der Waals surface area contributed by atoms with E-state index in [4.69, 9.17) is 4.74 Å². The van der Waals surface area contributed by atoms with E-state index in [0.717, 1.165) is 11.1 Å². The first kappa shape index (κ1) is 17.8. The Bertz CT molecular complexity index is 497. The number of hydrogen-bond acceptors (Lipinski definition) is 4. The maximum atomic E-state index is 12.5. The number of carbonyl (C=O) groups is 3. The molecule has 0 radical (unpaired) electrons. The van der Waals surface area contributed by atoms with Crippen LogP contribution in [0.1, 0.15) is 20.8 Å². The van der Waals surface area contributed by atoms with E-state index in [1.54, 1.807) is 20.8 Å². The third-order valence-electron chi connectivity index (χ3n) is 2.42. The third kappa shape index (κ3) is 4.93. The van der Waals surface area contributed by atoms with Crippen LogP contribution < -0.4 is 5.32 Å². The fourth-order valence-corrected chi connectivity index (χ4v) is 1.55. The second-order valence-corrected chi connectivity index (χ2v) is 5.53. The van der Waals surface area contributed by atoms with Gasteiger partial charge in [0, 0.05) is 18.6 Å². The van der Waals surface area contributed by atoms with Crippen molar-refractivity contribution in [3.63, 3.8) is 0 Å². The van der Waals surface area contributed by atoms with Crippen LogP contribution >= 0.6 is 0 Å². The van der Waals surface area contributed by atoms with Crippen LogP contribution in [-0.2, 0) is 14.3 Å². The van der Waals surface area contributed by atoms with Gasteiger partial charge in [-0.1, -0.05) is 0 Å². The number of halogens is 3. The van der Waals surface area contributed by atoms with Crippen molar-refractivity contribution >= 4 is 18.4 Å². The minimum Gasteiger partial charge on any atom is -0.391 e. The third-order valence-corrected chi connectivity index (χ3v) is 2.42. The Kier molecular flexibility index (Phi) is 5.05. The van der Waals surface area contributed by atoms with Crippen molar-refractivity contribution in [1.82, 2.24) is 15.1 Å². The standard InChI is InChI=1S/C12H16F3N3O4/c1-11(2,3)16-10(21)22-8-6-17(7-19)4-5-18(8)9(20)12(13,14)15/h6-7H,4-5H2,1-3H3,(H,16,21). The van der Waals surface area contributed by atoms with Gasteiger partial charge in [0.25, 0.3) is 0 Å². The largest absolute Gasteiger partial charge is 0.471 e. The molecule has 0 spiro atoms. The summed E-state index contributed by atoms with van der Waals surface area (Å²) in [5.74, 6) is -2.84. The Hall–Kier alpha value is -2.26. The molecule has 7 nitrogen and oxygen atoms in total. The van der Waals surface area contributed by atoms with Crippen LogP contribution in [-0.4, -0.2) is 53.0 Å². The maximum Gasteiger partial charge on any atom is 0.471 e. The van der Waals surface area contributed by atoms with E-state index in [2.05, 4.69) is 5.32 Å². The van der Waals surface area contributed by atoms with E-state index in [1.807, 2.05) is 0 Å². The van der Waals surface area contributed by atoms with Crippen LogP contribution in [0.25, 0.3) is 0 Å². The zero-order valence-electron chi connectivity index (χ0n) is 12.2. The van der Waals surface area contributed by atoms with Crippen LogP contribution in [0, 0.1) is 0 Å². The SMILES string of the molecule is CC(C)(C)NC(=O)OC1=CN(C=O)CCN1C(=O)C(F)(F)F. The van der Waals surface area contributed by atoms with Gasteiger partial charge in [-0.2, -0.15) is 13.2 Å². The average molecular weight is 323 g/mol. The lowest BCUT2D eigenvalue weighted by atomic mass is 10.1. The molecule has 0 saturated heterocycles. The average Bonchev–Trinajstić information content (AvgIpc) is 2.34. The molecule has 1 aliphatic heterocycles. The van der Waals surface area contributed by atoms with Crippen molar-refractivity contribution in [3.8, 4) is 0 Å². The van der Waals surface area contributed by atoms with E-state index in [9.17, 15) is 27.6 Å². The topological polar surface area (TPSA) is 79.0 Å². The summed E-state index contributed by atoms with van der Waals surface area (Å²) in [7, 11) is 0. The molecular weight excluding hydrogens is 307 g/mol. The molecule has 1 aliphatic rings. The molecule has 0 aromatic carbocycles. The number of hydrogen-bond donors (Lipinski definition) is 1. The summed E-state index contributed by atoms with van der Waals surface area (Å²) in [5.41, 5.74) is -0.685. The molecule has 1 rings (SSSR count). The fraction of sp³-hybridized carbons (Fsp3) is 0.583. The molecule has 3 amide bonds. The number of amides is 3. The van der Waals surface area contributed by atoms with Crippen LogP contribution in [0.5, 0.6) is 0 Å². The highest BCUT2D eigenvalue weighted by Crippen LogP contribution is 2.23. The lowest BCUT2D eigenvalue weighted by Gasteiger charge is -2.32. The Balaban J connectivity index is 2.96. The summed E-state index contributed by atoms with van der Waals surface area (Å²) < 4.78 is 42.4. The quantitative estimate of drug-likeness (QED) is 0.774. The molecule has 1 heterocycles. The van der Waals surface area contributed by atoms with Crippen molar-refractivity contribution in [2.75, 3.05) is 13.1 Å². The van der Waals surface area contributed by atoms with E-state index >= 15 is 0 Å². The van der Waals surface area contributed by atoms with Gasteiger partial charge < -0.3 is 15.0 Å². The number of rotatable bonds is 2. The molecule has 0 fully saturated rings. The molecule has 0 atom stereocenters. The Morgan fingerprint density at radius 1 is 1.27 bits per heavy atom. The van der Waals surface area contributed by atoms with Crippen LogP contribution in [0.3, 0.4) is 0 Å². The van der Waals surface area contributed by atoms with Gasteiger partial charge in [-0.25, -0.2) is 4.79 Å². The van der Waals surface area contributed by atoms with Gasteiger partial charge in [-0.3, -0.25) is 14.5 Å². The first-order chi connectivity index (χ1) is 9.94. The van der Waals surface area contributed by atoms with Crippen molar-refractivity contribution in [2.24, 2.45) is 0 Å². The summed E-state index contributed by atoms with van der Waals surface area (Å²) in [5, 5.41) is 2.37. The molecule has 0 saturated carbocycles. The molecule has 0 aromatic heterocycles. The monoisotopic (exact) mass is 323 g/mol. The summed E-state index contributed by atoms with van der Waals surface area (Å²) in [6.07, 6.45) is -4.94. The number of carbonyl (C=O) groups excluding carboxylic acids is 3. The maximum absolute atomic E-state index is 12.5. The predicted octanol–water partition coefficient (Wildman–Crippen LogP) is 1.17. The zero-order valence-corrected chi connectivity index (χ0v) is 12.2. The smallest absolute Gasteiger partial charge is 0.391 e. The first-order valence-electron chi connectivity index (χ1n) is 6.25. The molecule has 0 bridgehead atoms. The Labute approximate surface area is 124 Å². The molecule has 0 aromatic rings. The molecule has 124 valence electrons. The molecule has 10 heteroatoms.